The fraction of sp³-hybridized carbons (Fsp3) is 0.417. The first-order valence-corrected chi connectivity index (χ1v) is 6.02. The summed E-state index contributed by atoms with van der Waals surface area (Å²) in [6.07, 6.45) is 3.30. The van der Waals surface area contributed by atoms with Crippen LogP contribution < -0.4 is 5.32 Å². The Hall–Kier alpha value is -1.13. The molecule has 1 aromatic heterocycles. The van der Waals surface area contributed by atoms with Gasteiger partial charge in [0.1, 0.15) is 0 Å². The highest BCUT2D eigenvalue weighted by atomic mass is 32.1. The van der Waals surface area contributed by atoms with Gasteiger partial charge in [0.15, 0.2) is 0 Å². The predicted octanol–water partition coefficient (Wildman–Crippen LogP) is 1.90. The van der Waals surface area contributed by atoms with Crippen molar-refractivity contribution in [2.75, 3.05) is 13.2 Å². The average molecular weight is 239 g/mol. The number of hydrogen-bond acceptors (Lipinski definition) is 3. The highest BCUT2D eigenvalue weighted by molar-refractivity contribution is 7.10. The molecule has 1 aromatic rings. The number of carbonyl (C=O) groups is 1. The van der Waals surface area contributed by atoms with Crippen LogP contribution in [0.2, 0.25) is 0 Å². The fourth-order valence-electron chi connectivity index (χ4n) is 0.985. The summed E-state index contributed by atoms with van der Waals surface area (Å²) in [5.74, 6) is -0.130. The molecule has 0 fully saturated rings. The van der Waals surface area contributed by atoms with Gasteiger partial charge in [-0.1, -0.05) is 19.9 Å². The van der Waals surface area contributed by atoms with Crippen LogP contribution in [0.1, 0.15) is 18.7 Å². The summed E-state index contributed by atoms with van der Waals surface area (Å²) in [5.41, 5.74) is -0.271. The van der Waals surface area contributed by atoms with Gasteiger partial charge in [-0.05, 0) is 17.5 Å². The number of aliphatic hydroxyl groups excluding tert-OH is 1. The van der Waals surface area contributed by atoms with Crippen LogP contribution in [-0.4, -0.2) is 24.2 Å². The van der Waals surface area contributed by atoms with E-state index in [0.717, 1.165) is 4.88 Å². The zero-order valence-electron chi connectivity index (χ0n) is 9.56. The molecule has 1 rings (SSSR count). The Labute approximate surface area is 99.8 Å². The lowest BCUT2D eigenvalue weighted by atomic mass is 9.95. The molecule has 0 radical (unpaired) electrons. The number of carbonyl (C=O) groups excluding carboxylic acids is 1. The lowest BCUT2D eigenvalue weighted by Gasteiger charge is -2.21. The maximum Gasteiger partial charge on any atom is 0.244 e. The van der Waals surface area contributed by atoms with Crippen molar-refractivity contribution in [2.24, 2.45) is 5.41 Å². The van der Waals surface area contributed by atoms with Crippen molar-refractivity contribution in [3.63, 3.8) is 0 Å². The Kier molecular flexibility index (Phi) is 4.71. The number of nitrogens with one attached hydrogen (secondary N) is 1. The highest BCUT2D eigenvalue weighted by Gasteiger charge is 2.16. The van der Waals surface area contributed by atoms with E-state index in [4.69, 9.17) is 5.11 Å². The van der Waals surface area contributed by atoms with Crippen LogP contribution in [0.5, 0.6) is 0 Å². The van der Waals surface area contributed by atoms with E-state index in [1.165, 1.54) is 6.08 Å². The highest BCUT2D eigenvalue weighted by Crippen LogP contribution is 2.12. The van der Waals surface area contributed by atoms with Gasteiger partial charge in [0, 0.05) is 29.5 Å². The monoisotopic (exact) mass is 239 g/mol. The van der Waals surface area contributed by atoms with Gasteiger partial charge in [-0.25, -0.2) is 0 Å². The molecular formula is C12H17NO2S. The van der Waals surface area contributed by atoms with E-state index in [2.05, 4.69) is 5.32 Å². The summed E-state index contributed by atoms with van der Waals surface area (Å²) in [4.78, 5) is 12.5. The molecule has 0 saturated carbocycles. The summed E-state index contributed by atoms with van der Waals surface area (Å²) in [7, 11) is 0. The van der Waals surface area contributed by atoms with Crippen LogP contribution in [0.3, 0.4) is 0 Å². The molecule has 1 heterocycles. The minimum absolute atomic E-state index is 0.0575. The van der Waals surface area contributed by atoms with Crippen molar-refractivity contribution in [3.8, 4) is 0 Å². The zero-order chi connectivity index (χ0) is 12.0. The smallest absolute Gasteiger partial charge is 0.244 e. The average Bonchev–Trinajstić information content (AvgIpc) is 2.76. The summed E-state index contributed by atoms with van der Waals surface area (Å²) in [5, 5.41) is 13.7. The van der Waals surface area contributed by atoms with Crippen LogP contribution >= 0.6 is 11.3 Å². The van der Waals surface area contributed by atoms with Crippen LogP contribution in [0.4, 0.5) is 0 Å². The Morgan fingerprint density at radius 3 is 2.94 bits per heavy atom. The largest absolute Gasteiger partial charge is 0.396 e. The molecule has 0 unspecified atom stereocenters. The van der Waals surface area contributed by atoms with Crippen molar-refractivity contribution in [1.82, 2.24) is 5.32 Å². The van der Waals surface area contributed by atoms with Gasteiger partial charge in [0.2, 0.25) is 5.91 Å². The molecule has 2 N–H and O–H groups in total. The quantitative estimate of drug-likeness (QED) is 0.771. The Morgan fingerprint density at radius 1 is 1.62 bits per heavy atom. The molecule has 0 bridgehead atoms. The molecule has 0 aliphatic carbocycles. The van der Waals surface area contributed by atoms with Crippen LogP contribution in [0.15, 0.2) is 23.6 Å². The van der Waals surface area contributed by atoms with Crippen LogP contribution in [0, 0.1) is 5.41 Å². The number of thiophene rings is 1. The molecule has 3 nitrogen and oxygen atoms in total. The number of aliphatic hydroxyl groups is 1. The SMILES string of the molecule is CC(C)(CO)CNC(=O)/C=C/c1cccs1. The maximum atomic E-state index is 11.4. The minimum Gasteiger partial charge on any atom is -0.396 e. The molecule has 0 atom stereocenters. The summed E-state index contributed by atoms with van der Waals surface area (Å²) in [6, 6.07) is 3.89. The number of amides is 1. The van der Waals surface area contributed by atoms with E-state index < -0.39 is 0 Å². The lowest BCUT2D eigenvalue weighted by molar-refractivity contribution is -0.116. The van der Waals surface area contributed by atoms with Crippen molar-refractivity contribution in [2.45, 2.75) is 13.8 Å². The van der Waals surface area contributed by atoms with Crippen molar-refractivity contribution in [3.05, 3.63) is 28.5 Å². The van der Waals surface area contributed by atoms with Gasteiger partial charge in [0.25, 0.3) is 0 Å². The molecule has 4 heteroatoms. The second-order valence-corrected chi connectivity index (χ2v) is 5.37. The normalized spacial score (nSPS) is 11.9. The molecule has 0 aromatic carbocycles. The molecule has 0 spiro atoms. The van der Waals surface area contributed by atoms with E-state index in [-0.39, 0.29) is 17.9 Å². The van der Waals surface area contributed by atoms with Gasteiger partial charge in [-0.15, -0.1) is 11.3 Å². The van der Waals surface area contributed by atoms with Crippen molar-refractivity contribution in [1.29, 1.82) is 0 Å². The second kappa shape index (κ2) is 5.82. The number of hydrogen-bond donors (Lipinski definition) is 2. The van der Waals surface area contributed by atoms with E-state index >= 15 is 0 Å². The van der Waals surface area contributed by atoms with Crippen LogP contribution in [0.25, 0.3) is 6.08 Å². The molecule has 0 aliphatic rings. The van der Waals surface area contributed by atoms with Gasteiger partial charge >= 0.3 is 0 Å². The van der Waals surface area contributed by atoms with Gasteiger partial charge in [-0.2, -0.15) is 0 Å². The molecule has 1 amide bonds. The number of rotatable bonds is 5. The van der Waals surface area contributed by atoms with E-state index in [9.17, 15) is 4.79 Å². The third kappa shape index (κ3) is 4.59. The third-order valence-corrected chi connectivity index (χ3v) is 2.95. The topological polar surface area (TPSA) is 49.3 Å². The van der Waals surface area contributed by atoms with Gasteiger partial charge < -0.3 is 10.4 Å². The predicted molar refractivity (Wildman–Crippen MR) is 67.2 cm³/mol. The fourth-order valence-corrected chi connectivity index (χ4v) is 1.60. The second-order valence-electron chi connectivity index (χ2n) is 4.39. The summed E-state index contributed by atoms with van der Waals surface area (Å²) >= 11 is 1.59. The lowest BCUT2D eigenvalue weighted by Crippen LogP contribution is -2.35. The molecule has 88 valence electrons. The third-order valence-electron chi connectivity index (χ3n) is 2.11. The Bertz CT molecular complexity index is 355. The standard InChI is InChI=1S/C12H17NO2S/c1-12(2,9-14)8-13-11(15)6-5-10-4-3-7-16-10/h3-7,14H,8-9H2,1-2H3,(H,13,15)/b6-5+. The molecule has 0 aliphatic heterocycles. The molecular weight excluding hydrogens is 222 g/mol. The molecule has 16 heavy (non-hydrogen) atoms. The van der Waals surface area contributed by atoms with Crippen molar-refractivity contribution < 1.29 is 9.90 Å². The first-order chi connectivity index (χ1) is 7.53. The Balaban J connectivity index is 2.37. The Morgan fingerprint density at radius 2 is 2.38 bits per heavy atom. The first-order valence-electron chi connectivity index (χ1n) is 5.14. The zero-order valence-corrected chi connectivity index (χ0v) is 10.4. The van der Waals surface area contributed by atoms with Gasteiger partial charge in [0.05, 0.1) is 0 Å². The van der Waals surface area contributed by atoms with Gasteiger partial charge in [-0.3, -0.25) is 4.79 Å². The maximum absolute atomic E-state index is 11.4. The minimum atomic E-state index is -0.271. The summed E-state index contributed by atoms with van der Waals surface area (Å²) in [6.45, 7) is 4.32. The summed E-state index contributed by atoms with van der Waals surface area (Å²) < 4.78 is 0. The van der Waals surface area contributed by atoms with E-state index in [1.54, 1.807) is 17.4 Å². The first kappa shape index (κ1) is 12.9. The van der Waals surface area contributed by atoms with E-state index in [1.807, 2.05) is 31.4 Å². The van der Waals surface area contributed by atoms with Crippen LogP contribution in [-0.2, 0) is 4.79 Å². The van der Waals surface area contributed by atoms with Crippen molar-refractivity contribution >= 4 is 23.3 Å². The molecule has 0 saturated heterocycles. The van der Waals surface area contributed by atoms with E-state index in [0.29, 0.717) is 6.54 Å².